The van der Waals surface area contributed by atoms with Crippen molar-refractivity contribution in [3.63, 3.8) is 0 Å². The minimum absolute atomic E-state index is 0.221. The third kappa shape index (κ3) is 4.66. The predicted molar refractivity (Wildman–Crippen MR) is 77.8 cm³/mol. The Morgan fingerprint density at radius 1 is 0.960 bits per heavy atom. The molecule has 0 unspecified atom stereocenters. The van der Waals surface area contributed by atoms with E-state index in [1.165, 1.54) is 34.8 Å². The van der Waals surface area contributed by atoms with E-state index in [4.69, 9.17) is 33.2 Å². The normalized spacial score (nSPS) is 37.1. The second-order valence-electron chi connectivity index (χ2n) is 5.76. The Kier molecular flexibility index (Phi) is 5.99. The highest BCUT2D eigenvalue weighted by molar-refractivity contribution is 5.67. The van der Waals surface area contributed by atoms with Crippen LogP contribution in [-0.2, 0) is 47.5 Å². The standard InChI is InChI=1S/C15H22O10/c1-7(16)20-6-10-11(21-8(2)17)12(22-9(3)18)13-14(23-10)25-15(4,19-5)24-13/h10-14H,6H2,1-5H3/t10-,11-,12+,13+,14+,15-/m0/s1. The number of carbonyl (C=O) groups is 3. The van der Waals surface area contributed by atoms with E-state index in [1.807, 2.05) is 0 Å². The lowest BCUT2D eigenvalue weighted by Crippen LogP contribution is -2.60. The Morgan fingerprint density at radius 3 is 2.08 bits per heavy atom. The number of hydrogen-bond acceptors (Lipinski definition) is 10. The SMILES string of the molecule is CO[C@]1(C)O[C@H]2O[C@@H](COC(C)=O)[C@H](OC(C)=O)[C@@H](OC(C)=O)[C@H]2O1. The number of hydrogen-bond donors (Lipinski definition) is 0. The molecule has 0 N–H and O–H groups in total. The molecular weight excluding hydrogens is 340 g/mol. The van der Waals surface area contributed by atoms with Gasteiger partial charge in [0.15, 0.2) is 24.6 Å². The first-order valence-corrected chi connectivity index (χ1v) is 7.69. The predicted octanol–water partition coefficient (Wildman–Crippen LogP) is -0.127. The van der Waals surface area contributed by atoms with Gasteiger partial charge in [0.2, 0.25) is 0 Å². The van der Waals surface area contributed by atoms with E-state index in [1.54, 1.807) is 0 Å². The Morgan fingerprint density at radius 2 is 1.56 bits per heavy atom. The molecule has 10 nitrogen and oxygen atoms in total. The lowest BCUT2D eigenvalue weighted by Gasteiger charge is -2.40. The van der Waals surface area contributed by atoms with Crippen LogP contribution in [0.15, 0.2) is 0 Å². The first-order valence-electron chi connectivity index (χ1n) is 7.69. The molecule has 0 saturated carbocycles. The Labute approximate surface area is 144 Å². The molecule has 2 saturated heterocycles. The van der Waals surface area contributed by atoms with E-state index in [0.717, 1.165) is 0 Å². The highest BCUT2D eigenvalue weighted by Crippen LogP contribution is 2.39. The first kappa shape index (κ1) is 19.6. The molecule has 10 heteroatoms. The number of carbonyl (C=O) groups excluding carboxylic acids is 3. The van der Waals surface area contributed by atoms with Crippen LogP contribution in [0.5, 0.6) is 0 Å². The summed E-state index contributed by atoms with van der Waals surface area (Å²) in [6, 6.07) is 0. The van der Waals surface area contributed by atoms with Gasteiger partial charge in [0.05, 0.1) is 0 Å². The van der Waals surface area contributed by atoms with Gasteiger partial charge < -0.3 is 28.4 Å². The second kappa shape index (κ2) is 7.65. The quantitative estimate of drug-likeness (QED) is 0.484. The van der Waals surface area contributed by atoms with Gasteiger partial charge in [-0.25, -0.2) is 0 Å². The van der Waals surface area contributed by atoms with Gasteiger partial charge in [-0.3, -0.25) is 19.1 Å². The zero-order valence-corrected chi connectivity index (χ0v) is 14.7. The maximum Gasteiger partial charge on any atom is 0.303 e. The van der Waals surface area contributed by atoms with Crippen molar-refractivity contribution in [1.29, 1.82) is 0 Å². The molecule has 0 aromatic rings. The lowest BCUT2D eigenvalue weighted by atomic mass is 9.98. The molecule has 0 aromatic heterocycles. The summed E-state index contributed by atoms with van der Waals surface area (Å²) < 4.78 is 37.6. The average Bonchev–Trinajstić information content (AvgIpc) is 2.84. The van der Waals surface area contributed by atoms with Crippen LogP contribution in [0.4, 0.5) is 0 Å². The second-order valence-corrected chi connectivity index (χ2v) is 5.76. The van der Waals surface area contributed by atoms with Crippen molar-refractivity contribution in [2.75, 3.05) is 13.7 Å². The van der Waals surface area contributed by atoms with E-state index in [-0.39, 0.29) is 6.61 Å². The highest BCUT2D eigenvalue weighted by Gasteiger charge is 2.59. The molecule has 2 fully saturated rings. The monoisotopic (exact) mass is 362 g/mol. The topological polar surface area (TPSA) is 116 Å². The van der Waals surface area contributed by atoms with E-state index in [9.17, 15) is 14.4 Å². The van der Waals surface area contributed by atoms with Crippen LogP contribution in [0.3, 0.4) is 0 Å². The number of ether oxygens (including phenoxy) is 7. The molecule has 6 atom stereocenters. The molecule has 2 aliphatic rings. The van der Waals surface area contributed by atoms with Crippen molar-refractivity contribution in [3.05, 3.63) is 0 Å². The van der Waals surface area contributed by atoms with Crippen LogP contribution in [0.2, 0.25) is 0 Å². The van der Waals surface area contributed by atoms with Gasteiger partial charge >= 0.3 is 17.9 Å². The van der Waals surface area contributed by atoms with Gasteiger partial charge in [-0.2, -0.15) is 0 Å². The van der Waals surface area contributed by atoms with E-state index in [0.29, 0.717) is 0 Å². The molecule has 0 bridgehead atoms. The zero-order chi connectivity index (χ0) is 18.8. The van der Waals surface area contributed by atoms with Crippen LogP contribution in [0, 0.1) is 0 Å². The Balaban J connectivity index is 2.29. The molecule has 142 valence electrons. The summed E-state index contributed by atoms with van der Waals surface area (Å²) in [5, 5.41) is 0. The maximum absolute atomic E-state index is 11.5. The van der Waals surface area contributed by atoms with Gasteiger partial charge in [0.25, 0.3) is 5.97 Å². The summed E-state index contributed by atoms with van der Waals surface area (Å²) >= 11 is 0. The minimum atomic E-state index is -1.43. The molecule has 0 aliphatic carbocycles. The number of fused-ring (bicyclic) bond motifs is 1. The van der Waals surface area contributed by atoms with Crippen LogP contribution in [-0.4, -0.2) is 68.3 Å². The van der Waals surface area contributed by atoms with E-state index >= 15 is 0 Å². The van der Waals surface area contributed by atoms with Crippen molar-refractivity contribution in [1.82, 2.24) is 0 Å². The first-order chi connectivity index (χ1) is 11.6. The maximum atomic E-state index is 11.5. The van der Waals surface area contributed by atoms with Gasteiger partial charge in [0.1, 0.15) is 12.7 Å². The van der Waals surface area contributed by atoms with Crippen LogP contribution in [0.1, 0.15) is 27.7 Å². The van der Waals surface area contributed by atoms with E-state index < -0.39 is 54.6 Å². The lowest BCUT2D eigenvalue weighted by molar-refractivity contribution is -0.334. The third-order valence-corrected chi connectivity index (χ3v) is 3.70. The van der Waals surface area contributed by atoms with Gasteiger partial charge in [-0.05, 0) is 0 Å². The summed E-state index contributed by atoms with van der Waals surface area (Å²) in [6.45, 7) is 4.93. The fourth-order valence-corrected chi connectivity index (χ4v) is 2.67. The number of methoxy groups -OCH3 is 1. The Hall–Kier alpha value is -1.75. The number of rotatable bonds is 5. The van der Waals surface area contributed by atoms with Gasteiger partial charge in [0, 0.05) is 34.8 Å². The summed E-state index contributed by atoms with van der Waals surface area (Å²) in [6.07, 6.45) is -4.86. The smallest absolute Gasteiger partial charge is 0.303 e. The van der Waals surface area contributed by atoms with Crippen LogP contribution in [0.25, 0.3) is 0 Å². The van der Waals surface area contributed by atoms with Crippen LogP contribution < -0.4 is 0 Å². The largest absolute Gasteiger partial charge is 0.463 e. The summed E-state index contributed by atoms with van der Waals surface area (Å²) in [7, 11) is 1.37. The highest BCUT2D eigenvalue weighted by atomic mass is 16.9. The van der Waals surface area contributed by atoms with Crippen LogP contribution >= 0.6 is 0 Å². The molecule has 0 spiro atoms. The molecule has 2 heterocycles. The third-order valence-electron chi connectivity index (χ3n) is 3.70. The molecular formula is C15H22O10. The van der Waals surface area contributed by atoms with E-state index in [2.05, 4.69) is 0 Å². The molecule has 0 radical (unpaired) electrons. The molecule has 2 rings (SSSR count). The average molecular weight is 362 g/mol. The summed E-state index contributed by atoms with van der Waals surface area (Å²) in [5.74, 6) is -3.19. The van der Waals surface area contributed by atoms with Gasteiger partial charge in [-0.15, -0.1) is 0 Å². The molecule has 0 aromatic carbocycles. The fourth-order valence-electron chi connectivity index (χ4n) is 2.67. The minimum Gasteiger partial charge on any atom is -0.463 e. The Bertz CT molecular complexity index is 534. The summed E-state index contributed by atoms with van der Waals surface area (Å²) in [5.41, 5.74) is 0. The zero-order valence-electron chi connectivity index (χ0n) is 14.7. The van der Waals surface area contributed by atoms with Crippen molar-refractivity contribution in [3.8, 4) is 0 Å². The van der Waals surface area contributed by atoms with Crippen molar-refractivity contribution < 1.29 is 47.5 Å². The van der Waals surface area contributed by atoms with Crippen molar-refractivity contribution in [2.24, 2.45) is 0 Å². The van der Waals surface area contributed by atoms with Crippen molar-refractivity contribution in [2.45, 2.75) is 64.4 Å². The van der Waals surface area contributed by atoms with Gasteiger partial charge in [-0.1, -0.05) is 0 Å². The molecule has 25 heavy (non-hydrogen) atoms. The number of esters is 3. The van der Waals surface area contributed by atoms with Crippen molar-refractivity contribution >= 4 is 17.9 Å². The molecule has 0 amide bonds. The molecule has 2 aliphatic heterocycles. The summed E-state index contributed by atoms with van der Waals surface area (Å²) in [4.78, 5) is 34.1. The fraction of sp³-hybridized carbons (Fsp3) is 0.800.